The van der Waals surface area contributed by atoms with E-state index in [-0.39, 0.29) is 5.91 Å². The lowest BCUT2D eigenvalue weighted by Gasteiger charge is -2.29. The van der Waals surface area contributed by atoms with Crippen molar-refractivity contribution in [3.05, 3.63) is 22.4 Å². The summed E-state index contributed by atoms with van der Waals surface area (Å²) in [6.07, 6.45) is 6.69. The standard InChI is InChI=1S/C15H22BrN3O/c1-2-18-10-11(16)9-14(18)15(20)19-8-4-6-13(19)12-5-3-7-17-12/h9-10,12-13,17H,2-8H2,1H3. The second-order valence-corrected chi connectivity index (χ2v) is 6.66. The number of nitrogens with zero attached hydrogens (tertiary/aromatic N) is 2. The van der Waals surface area contributed by atoms with Crippen LogP contribution < -0.4 is 5.32 Å². The van der Waals surface area contributed by atoms with Crippen molar-refractivity contribution in [1.82, 2.24) is 14.8 Å². The molecule has 110 valence electrons. The van der Waals surface area contributed by atoms with Gasteiger partial charge in [-0.05, 0) is 61.1 Å². The number of carbonyl (C=O) groups excluding carboxylic acids is 1. The van der Waals surface area contributed by atoms with Crippen LogP contribution in [-0.4, -0.2) is 40.5 Å². The molecular formula is C15H22BrN3O. The highest BCUT2D eigenvalue weighted by Crippen LogP contribution is 2.27. The molecular weight excluding hydrogens is 318 g/mol. The quantitative estimate of drug-likeness (QED) is 0.919. The van der Waals surface area contributed by atoms with Gasteiger partial charge in [0.25, 0.3) is 5.91 Å². The predicted molar refractivity (Wildman–Crippen MR) is 82.9 cm³/mol. The zero-order valence-corrected chi connectivity index (χ0v) is 13.5. The molecule has 2 aliphatic rings. The van der Waals surface area contributed by atoms with Crippen molar-refractivity contribution in [2.45, 2.75) is 51.2 Å². The lowest BCUT2D eigenvalue weighted by Crippen LogP contribution is -2.47. The number of aromatic nitrogens is 1. The molecule has 20 heavy (non-hydrogen) atoms. The van der Waals surface area contributed by atoms with Crippen LogP contribution in [0.4, 0.5) is 0 Å². The summed E-state index contributed by atoms with van der Waals surface area (Å²) in [5.74, 6) is 0.189. The maximum Gasteiger partial charge on any atom is 0.270 e. The molecule has 3 heterocycles. The monoisotopic (exact) mass is 339 g/mol. The van der Waals surface area contributed by atoms with Crippen LogP contribution in [-0.2, 0) is 6.54 Å². The molecule has 2 aliphatic heterocycles. The summed E-state index contributed by atoms with van der Waals surface area (Å²) in [5.41, 5.74) is 0.810. The van der Waals surface area contributed by atoms with Gasteiger partial charge in [-0.2, -0.15) is 0 Å². The summed E-state index contributed by atoms with van der Waals surface area (Å²) in [7, 11) is 0. The van der Waals surface area contributed by atoms with Crippen molar-refractivity contribution in [3.63, 3.8) is 0 Å². The average Bonchev–Trinajstić information content (AvgIpc) is 3.16. The highest BCUT2D eigenvalue weighted by Gasteiger charge is 2.36. The third-order valence-corrected chi connectivity index (χ3v) is 4.98. The van der Waals surface area contributed by atoms with Gasteiger partial charge in [-0.3, -0.25) is 4.79 Å². The van der Waals surface area contributed by atoms with Gasteiger partial charge in [-0.1, -0.05) is 0 Å². The molecule has 1 aromatic rings. The number of amides is 1. The Morgan fingerprint density at radius 3 is 3.00 bits per heavy atom. The molecule has 1 N–H and O–H groups in total. The first-order chi connectivity index (χ1) is 9.70. The molecule has 2 atom stereocenters. The van der Waals surface area contributed by atoms with E-state index < -0.39 is 0 Å². The number of aryl methyl sites for hydroxylation is 1. The van der Waals surface area contributed by atoms with Gasteiger partial charge in [0.1, 0.15) is 5.69 Å². The molecule has 0 bridgehead atoms. The van der Waals surface area contributed by atoms with E-state index in [1.807, 2.05) is 16.8 Å². The van der Waals surface area contributed by atoms with Crippen LogP contribution in [0.2, 0.25) is 0 Å². The fraction of sp³-hybridized carbons (Fsp3) is 0.667. The van der Waals surface area contributed by atoms with E-state index in [1.165, 1.54) is 12.8 Å². The number of carbonyl (C=O) groups is 1. The smallest absolute Gasteiger partial charge is 0.270 e. The summed E-state index contributed by atoms with van der Waals surface area (Å²) in [6, 6.07) is 2.82. The van der Waals surface area contributed by atoms with Crippen LogP contribution in [0.15, 0.2) is 16.7 Å². The molecule has 3 rings (SSSR count). The molecule has 2 unspecified atom stereocenters. The Bertz CT molecular complexity index is 493. The predicted octanol–water partition coefficient (Wildman–Crippen LogP) is 2.63. The summed E-state index contributed by atoms with van der Waals surface area (Å²) in [4.78, 5) is 15.0. The van der Waals surface area contributed by atoms with Gasteiger partial charge in [0.2, 0.25) is 0 Å². The van der Waals surface area contributed by atoms with Crippen LogP contribution >= 0.6 is 15.9 Å². The van der Waals surface area contributed by atoms with Crippen molar-refractivity contribution in [2.24, 2.45) is 0 Å². The number of halogens is 1. The third kappa shape index (κ3) is 2.53. The van der Waals surface area contributed by atoms with Crippen molar-refractivity contribution >= 4 is 21.8 Å². The molecule has 0 aliphatic carbocycles. The lowest BCUT2D eigenvalue weighted by atomic mass is 10.0. The molecule has 5 heteroatoms. The average molecular weight is 340 g/mol. The first kappa shape index (κ1) is 14.1. The molecule has 2 fully saturated rings. The molecule has 0 radical (unpaired) electrons. The molecule has 4 nitrogen and oxygen atoms in total. The van der Waals surface area contributed by atoms with Crippen molar-refractivity contribution < 1.29 is 4.79 Å². The van der Waals surface area contributed by atoms with E-state index >= 15 is 0 Å². The fourth-order valence-corrected chi connectivity index (χ4v) is 4.03. The number of nitrogens with one attached hydrogen (secondary N) is 1. The molecule has 0 spiro atoms. The number of rotatable bonds is 3. The SMILES string of the molecule is CCn1cc(Br)cc1C(=O)N1CCCC1C1CCCN1. The van der Waals surface area contributed by atoms with E-state index in [0.29, 0.717) is 12.1 Å². The number of hydrogen-bond donors (Lipinski definition) is 1. The van der Waals surface area contributed by atoms with Crippen LogP contribution in [0.1, 0.15) is 43.1 Å². The zero-order chi connectivity index (χ0) is 14.1. The topological polar surface area (TPSA) is 37.3 Å². The van der Waals surface area contributed by atoms with Gasteiger partial charge in [-0.25, -0.2) is 0 Å². The van der Waals surface area contributed by atoms with Crippen LogP contribution in [0.25, 0.3) is 0 Å². The van der Waals surface area contributed by atoms with Gasteiger partial charge in [-0.15, -0.1) is 0 Å². The molecule has 0 saturated carbocycles. The van der Waals surface area contributed by atoms with Gasteiger partial charge in [0, 0.05) is 35.8 Å². The second-order valence-electron chi connectivity index (χ2n) is 5.74. The zero-order valence-electron chi connectivity index (χ0n) is 11.9. The van der Waals surface area contributed by atoms with Crippen LogP contribution in [0.3, 0.4) is 0 Å². The van der Waals surface area contributed by atoms with Gasteiger partial charge in [0.15, 0.2) is 0 Å². The van der Waals surface area contributed by atoms with E-state index in [9.17, 15) is 4.79 Å². The summed E-state index contributed by atoms with van der Waals surface area (Å²) in [5, 5.41) is 3.56. The Labute approximate surface area is 128 Å². The number of hydrogen-bond acceptors (Lipinski definition) is 2. The first-order valence-electron chi connectivity index (χ1n) is 7.60. The second kappa shape index (κ2) is 5.90. The largest absolute Gasteiger partial charge is 0.343 e. The van der Waals surface area contributed by atoms with Gasteiger partial charge < -0.3 is 14.8 Å². The fourth-order valence-electron chi connectivity index (χ4n) is 3.57. The minimum absolute atomic E-state index is 0.189. The van der Waals surface area contributed by atoms with Crippen molar-refractivity contribution in [1.29, 1.82) is 0 Å². The Kier molecular flexibility index (Phi) is 4.17. The molecule has 0 aromatic carbocycles. The van der Waals surface area contributed by atoms with E-state index in [2.05, 4.69) is 33.1 Å². The molecule has 1 aromatic heterocycles. The third-order valence-electron chi connectivity index (χ3n) is 4.55. The lowest BCUT2D eigenvalue weighted by molar-refractivity contribution is 0.0700. The highest BCUT2D eigenvalue weighted by molar-refractivity contribution is 9.10. The highest BCUT2D eigenvalue weighted by atomic mass is 79.9. The maximum absolute atomic E-state index is 12.9. The van der Waals surface area contributed by atoms with E-state index in [1.54, 1.807) is 0 Å². The summed E-state index contributed by atoms with van der Waals surface area (Å²) >= 11 is 3.48. The Morgan fingerprint density at radius 2 is 2.30 bits per heavy atom. The molecule has 2 saturated heterocycles. The summed E-state index contributed by atoms with van der Waals surface area (Å²) in [6.45, 7) is 4.89. The van der Waals surface area contributed by atoms with Crippen LogP contribution in [0.5, 0.6) is 0 Å². The molecule has 1 amide bonds. The van der Waals surface area contributed by atoms with Gasteiger partial charge in [0.05, 0.1) is 0 Å². The van der Waals surface area contributed by atoms with Crippen molar-refractivity contribution in [3.8, 4) is 0 Å². The van der Waals surface area contributed by atoms with Crippen molar-refractivity contribution in [2.75, 3.05) is 13.1 Å². The minimum atomic E-state index is 0.189. The Balaban J connectivity index is 1.81. The number of likely N-dealkylation sites (tertiary alicyclic amines) is 1. The van der Waals surface area contributed by atoms with Crippen LogP contribution in [0, 0.1) is 0 Å². The maximum atomic E-state index is 12.9. The van der Waals surface area contributed by atoms with E-state index in [4.69, 9.17) is 0 Å². The first-order valence-corrected chi connectivity index (χ1v) is 8.40. The summed E-state index contributed by atoms with van der Waals surface area (Å²) < 4.78 is 3.02. The normalized spacial score (nSPS) is 26.4. The van der Waals surface area contributed by atoms with E-state index in [0.717, 1.165) is 42.6 Å². The Morgan fingerprint density at radius 1 is 1.45 bits per heavy atom. The van der Waals surface area contributed by atoms with Gasteiger partial charge >= 0.3 is 0 Å². The minimum Gasteiger partial charge on any atom is -0.343 e. The Hall–Kier alpha value is -0.810.